The Morgan fingerprint density at radius 1 is 0.966 bits per heavy atom. The molecule has 0 spiro atoms. The molecule has 3 fully saturated rings. The van der Waals surface area contributed by atoms with Gasteiger partial charge in [-0.1, -0.05) is 83.1 Å². The first-order valence-electron chi connectivity index (χ1n) is 20.0. The number of ketones is 1. The fourth-order valence-electron chi connectivity index (χ4n) is 9.66. The summed E-state index contributed by atoms with van der Waals surface area (Å²) in [5.41, 5.74) is -6.07. The van der Waals surface area contributed by atoms with E-state index < -0.39 is 114 Å². The first kappa shape index (κ1) is 43.8. The number of Topliss-reactive ketones (excluding diaryl/α,β-unsaturated/α-hetero) is 1. The van der Waals surface area contributed by atoms with Gasteiger partial charge in [-0.2, -0.15) is 0 Å². The summed E-state index contributed by atoms with van der Waals surface area (Å²) in [5, 5.41) is 52.1. The first-order chi connectivity index (χ1) is 26.8. The van der Waals surface area contributed by atoms with Crippen LogP contribution >= 0.6 is 0 Å². The van der Waals surface area contributed by atoms with E-state index in [9.17, 15) is 39.6 Å². The maximum absolute atomic E-state index is 15.0. The molecule has 2 bridgehead atoms. The summed E-state index contributed by atoms with van der Waals surface area (Å²) in [6.07, 6.45) is -9.42. The van der Waals surface area contributed by atoms with Crippen molar-refractivity contribution >= 4 is 31.9 Å². The molecule has 5 N–H and O–H groups in total. The second-order valence-corrected chi connectivity index (χ2v) is 23.6. The van der Waals surface area contributed by atoms with Crippen molar-refractivity contribution < 1.29 is 58.2 Å². The number of hydrogen-bond acceptors (Lipinski definition) is 12. The highest BCUT2D eigenvalue weighted by Gasteiger charge is 2.76. The fourth-order valence-corrected chi connectivity index (χ4v) is 10.9. The van der Waals surface area contributed by atoms with Crippen molar-refractivity contribution in [2.45, 2.75) is 140 Å². The van der Waals surface area contributed by atoms with E-state index in [4.69, 9.17) is 18.6 Å². The number of hydrogen-bond donors (Lipinski definition) is 5. The highest BCUT2D eigenvalue weighted by atomic mass is 28.4. The monoisotopic (exact) mass is 821 g/mol. The first-order valence-corrected chi connectivity index (χ1v) is 22.9. The number of carbonyl (C=O) groups excluding carboxylic acids is 4. The lowest BCUT2D eigenvalue weighted by Gasteiger charge is -2.67. The molecular weight excluding hydrogens is 763 g/mol. The molecule has 3 aliphatic carbocycles. The largest absolute Gasteiger partial charge is 0.456 e. The molecule has 1 heterocycles. The number of rotatable bonds is 9. The van der Waals surface area contributed by atoms with Gasteiger partial charge in [-0.3, -0.25) is 14.4 Å². The maximum atomic E-state index is 15.0. The third kappa shape index (κ3) is 6.87. The summed E-state index contributed by atoms with van der Waals surface area (Å²) < 4.78 is 24.9. The Hall–Kier alpha value is -3.76. The number of esters is 2. The Labute approximate surface area is 341 Å². The quantitative estimate of drug-likeness (QED) is 0.137. The number of nitrogens with one attached hydrogen (secondary N) is 1. The molecule has 2 aromatic carbocycles. The van der Waals surface area contributed by atoms with Crippen LogP contribution in [-0.4, -0.2) is 107 Å². The van der Waals surface area contributed by atoms with Gasteiger partial charge in [-0.15, -0.1) is 0 Å². The van der Waals surface area contributed by atoms with Crippen LogP contribution in [0.3, 0.4) is 0 Å². The van der Waals surface area contributed by atoms with Crippen molar-refractivity contribution in [1.29, 1.82) is 0 Å². The summed E-state index contributed by atoms with van der Waals surface area (Å²) in [6.45, 7) is 17.1. The molecule has 2 saturated carbocycles. The molecule has 14 heteroatoms. The van der Waals surface area contributed by atoms with Crippen molar-refractivity contribution in [3.05, 3.63) is 82.9 Å². The predicted octanol–water partition coefficient (Wildman–Crippen LogP) is 4.33. The Morgan fingerprint density at radius 3 is 2.09 bits per heavy atom. The van der Waals surface area contributed by atoms with Crippen molar-refractivity contribution in [2.75, 3.05) is 6.61 Å². The standard InChI is InChI=1S/C44H59NO12Si/c1-24-28(55-39(52)34(57-58(9,10)40(3,4)5)32(26-17-13-11-14-18-26)45-38(51)27-19-15-12-16-20-27)22-44(53)37(50)35-42(8,36(49)33(48)31(24)41(44,6)7)29(47)21-30-43(35,23-54-30)56-25(2)46/h11-20,28-30,32-35,37,47-48,50,53H,21-23H2,1-10H3,(H,45,51)/t28-,29?,30?,32-,33?,34?,35-,37-,42-,43-,44?/m0/s1. The van der Waals surface area contributed by atoms with Gasteiger partial charge in [-0.25, -0.2) is 4.79 Å². The molecular formula is C44H59NO12Si. The molecule has 1 amide bonds. The smallest absolute Gasteiger partial charge is 0.337 e. The topological polar surface area (TPSA) is 198 Å². The molecule has 5 unspecified atom stereocenters. The number of aliphatic hydroxyl groups excluding tert-OH is 3. The van der Waals surface area contributed by atoms with E-state index >= 15 is 0 Å². The molecule has 11 atom stereocenters. The number of benzene rings is 2. The van der Waals surface area contributed by atoms with Crippen LogP contribution in [0.1, 0.15) is 90.2 Å². The zero-order valence-corrected chi connectivity index (χ0v) is 36.1. The number of amides is 1. The van der Waals surface area contributed by atoms with E-state index in [1.165, 1.54) is 13.8 Å². The lowest BCUT2D eigenvalue weighted by Crippen LogP contribution is -2.81. The van der Waals surface area contributed by atoms with Crippen LogP contribution in [0.4, 0.5) is 0 Å². The Bertz CT molecular complexity index is 1960. The minimum Gasteiger partial charge on any atom is -0.456 e. The van der Waals surface area contributed by atoms with Crippen LogP contribution in [0.2, 0.25) is 18.1 Å². The molecule has 13 nitrogen and oxygen atoms in total. The molecule has 4 aliphatic rings. The van der Waals surface area contributed by atoms with Crippen LogP contribution in [-0.2, 0) is 33.0 Å². The van der Waals surface area contributed by atoms with Gasteiger partial charge in [0.05, 0.1) is 30.3 Å². The van der Waals surface area contributed by atoms with E-state index in [0.717, 1.165) is 0 Å². The predicted molar refractivity (Wildman–Crippen MR) is 215 cm³/mol. The van der Waals surface area contributed by atoms with Crippen LogP contribution < -0.4 is 5.32 Å². The maximum Gasteiger partial charge on any atom is 0.337 e. The second-order valence-electron chi connectivity index (χ2n) is 18.9. The average molecular weight is 822 g/mol. The van der Waals surface area contributed by atoms with Crippen LogP contribution in [0.15, 0.2) is 71.8 Å². The zero-order valence-electron chi connectivity index (χ0n) is 35.1. The van der Waals surface area contributed by atoms with Gasteiger partial charge in [0.15, 0.2) is 25.8 Å². The van der Waals surface area contributed by atoms with Gasteiger partial charge < -0.3 is 44.4 Å². The summed E-state index contributed by atoms with van der Waals surface area (Å²) >= 11 is 0. The van der Waals surface area contributed by atoms with E-state index in [0.29, 0.717) is 11.1 Å². The van der Waals surface area contributed by atoms with Crippen molar-refractivity contribution in [2.24, 2.45) is 16.7 Å². The Kier molecular flexibility index (Phi) is 11.4. The minimum absolute atomic E-state index is 0.0300. The minimum atomic E-state index is -2.83. The SMILES string of the molecule is CC(=O)O[C@@]12COC1CC(O)[C@]1(C)C(=O)C(O)C3=C(C)[C@@H](OC(=O)C(O[Si](C)(C)C(C)(C)C)[C@@H](NC(=O)c4ccccc4)c4ccccc4)CC(O)([C@@H](O)[C@H]21)C3(C)C. The van der Waals surface area contributed by atoms with Gasteiger partial charge in [0.1, 0.15) is 23.9 Å². The van der Waals surface area contributed by atoms with E-state index in [-0.39, 0.29) is 24.2 Å². The third-order valence-electron chi connectivity index (χ3n) is 14.2. The highest BCUT2D eigenvalue weighted by molar-refractivity contribution is 6.74. The zero-order chi connectivity index (χ0) is 43.0. The molecule has 58 heavy (non-hydrogen) atoms. The van der Waals surface area contributed by atoms with Crippen molar-refractivity contribution in [3.63, 3.8) is 0 Å². The molecule has 1 aliphatic heterocycles. The normalized spacial score (nSPS) is 34.2. The molecule has 2 aromatic rings. The van der Waals surface area contributed by atoms with E-state index in [1.807, 2.05) is 39.9 Å². The summed E-state index contributed by atoms with van der Waals surface area (Å²) in [5.74, 6) is -4.34. The van der Waals surface area contributed by atoms with Crippen molar-refractivity contribution in [1.82, 2.24) is 5.32 Å². The highest BCUT2D eigenvalue weighted by Crippen LogP contribution is 2.63. The summed E-state index contributed by atoms with van der Waals surface area (Å²) in [7, 11) is -2.83. The number of fused-ring (bicyclic) bond motifs is 5. The number of carbonyl (C=O) groups is 4. The third-order valence-corrected chi connectivity index (χ3v) is 18.7. The van der Waals surface area contributed by atoms with Gasteiger partial charge in [0.25, 0.3) is 5.91 Å². The van der Waals surface area contributed by atoms with Crippen molar-refractivity contribution in [3.8, 4) is 0 Å². The molecule has 316 valence electrons. The summed E-state index contributed by atoms with van der Waals surface area (Å²) in [4.78, 5) is 56.1. The van der Waals surface area contributed by atoms with E-state index in [2.05, 4.69) is 5.32 Å². The number of ether oxygens (including phenoxy) is 3. The average Bonchev–Trinajstić information content (AvgIpc) is 3.14. The molecule has 0 radical (unpaired) electrons. The van der Waals surface area contributed by atoms with Crippen LogP contribution in [0.25, 0.3) is 0 Å². The lowest BCUT2D eigenvalue weighted by atomic mass is 9.44. The second kappa shape index (κ2) is 15.1. The number of aliphatic hydroxyl groups is 4. The molecule has 6 rings (SSSR count). The van der Waals surface area contributed by atoms with Crippen LogP contribution in [0, 0.1) is 16.7 Å². The Balaban J connectivity index is 1.47. The lowest BCUT2D eigenvalue weighted by molar-refractivity contribution is -0.346. The van der Waals surface area contributed by atoms with Gasteiger partial charge >= 0.3 is 11.9 Å². The van der Waals surface area contributed by atoms with Gasteiger partial charge in [-0.05, 0) is 60.8 Å². The van der Waals surface area contributed by atoms with E-state index in [1.54, 1.807) is 75.4 Å². The van der Waals surface area contributed by atoms with Gasteiger partial charge in [0, 0.05) is 36.7 Å². The van der Waals surface area contributed by atoms with Gasteiger partial charge in [0.2, 0.25) is 0 Å². The molecule has 0 aromatic heterocycles. The Morgan fingerprint density at radius 2 is 1.55 bits per heavy atom. The fraction of sp³-hybridized carbons (Fsp3) is 0.591. The summed E-state index contributed by atoms with van der Waals surface area (Å²) in [6, 6.07) is 16.4. The molecule has 1 saturated heterocycles. The van der Waals surface area contributed by atoms with Crippen LogP contribution in [0.5, 0.6) is 0 Å².